The first-order valence-corrected chi connectivity index (χ1v) is 7.18. The van der Waals surface area contributed by atoms with E-state index in [2.05, 4.69) is 21.2 Å². The zero-order valence-corrected chi connectivity index (χ0v) is 12.4. The molecule has 0 spiro atoms. The SMILES string of the molecule is NCC(Nc1ccccc1Br)c1ccc2c(c1)OCO2. The van der Waals surface area contributed by atoms with Crippen LogP contribution in [0, 0.1) is 0 Å². The minimum absolute atomic E-state index is 0.0169. The lowest BCUT2D eigenvalue weighted by atomic mass is 10.1. The van der Waals surface area contributed by atoms with Gasteiger partial charge in [0.15, 0.2) is 11.5 Å². The van der Waals surface area contributed by atoms with Crippen LogP contribution in [-0.2, 0) is 0 Å². The smallest absolute Gasteiger partial charge is 0.231 e. The van der Waals surface area contributed by atoms with Gasteiger partial charge in [-0.2, -0.15) is 0 Å². The Labute approximate surface area is 126 Å². The van der Waals surface area contributed by atoms with E-state index in [9.17, 15) is 0 Å². The van der Waals surface area contributed by atoms with Crippen molar-refractivity contribution in [2.75, 3.05) is 18.7 Å². The van der Waals surface area contributed by atoms with E-state index in [0.29, 0.717) is 6.54 Å². The maximum atomic E-state index is 5.90. The van der Waals surface area contributed by atoms with Crippen molar-refractivity contribution in [1.29, 1.82) is 0 Å². The molecule has 4 nitrogen and oxygen atoms in total. The van der Waals surface area contributed by atoms with Crippen LogP contribution in [0.2, 0.25) is 0 Å². The molecule has 1 unspecified atom stereocenters. The molecule has 2 aromatic carbocycles. The van der Waals surface area contributed by atoms with Gasteiger partial charge in [0.05, 0.1) is 6.04 Å². The van der Waals surface area contributed by atoms with E-state index in [0.717, 1.165) is 27.2 Å². The van der Waals surface area contributed by atoms with Crippen molar-refractivity contribution in [2.24, 2.45) is 5.73 Å². The van der Waals surface area contributed by atoms with E-state index in [1.54, 1.807) is 0 Å². The second-order valence-electron chi connectivity index (χ2n) is 4.53. The standard InChI is InChI=1S/C15H15BrN2O2/c16-11-3-1-2-4-12(11)18-13(8-17)10-5-6-14-15(7-10)20-9-19-14/h1-7,13,18H,8-9,17H2. The minimum atomic E-state index is 0.0169. The van der Waals surface area contributed by atoms with Crippen molar-refractivity contribution in [3.05, 3.63) is 52.5 Å². The summed E-state index contributed by atoms with van der Waals surface area (Å²) in [6, 6.07) is 13.9. The van der Waals surface area contributed by atoms with Crippen LogP contribution >= 0.6 is 15.9 Å². The average Bonchev–Trinajstić information content (AvgIpc) is 2.94. The maximum Gasteiger partial charge on any atom is 0.231 e. The summed E-state index contributed by atoms with van der Waals surface area (Å²) in [5.41, 5.74) is 7.99. The van der Waals surface area contributed by atoms with E-state index in [4.69, 9.17) is 15.2 Å². The number of benzene rings is 2. The fourth-order valence-corrected chi connectivity index (χ4v) is 2.57. The summed E-state index contributed by atoms with van der Waals surface area (Å²) in [4.78, 5) is 0. The lowest BCUT2D eigenvalue weighted by Crippen LogP contribution is -2.20. The van der Waals surface area contributed by atoms with Crippen LogP contribution in [0.25, 0.3) is 0 Å². The van der Waals surface area contributed by atoms with Crippen molar-refractivity contribution in [3.63, 3.8) is 0 Å². The van der Waals surface area contributed by atoms with Crippen molar-refractivity contribution in [3.8, 4) is 11.5 Å². The van der Waals surface area contributed by atoms with Crippen molar-refractivity contribution >= 4 is 21.6 Å². The summed E-state index contributed by atoms with van der Waals surface area (Å²) in [5.74, 6) is 1.56. The molecule has 3 rings (SSSR count). The van der Waals surface area contributed by atoms with Gasteiger partial charge < -0.3 is 20.5 Å². The second-order valence-corrected chi connectivity index (χ2v) is 5.38. The Balaban J connectivity index is 1.85. The lowest BCUT2D eigenvalue weighted by molar-refractivity contribution is 0.174. The topological polar surface area (TPSA) is 56.5 Å². The molecule has 1 aliphatic rings. The zero-order valence-electron chi connectivity index (χ0n) is 10.8. The number of para-hydroxylation sites is 1. The van der Waals surface area contributed by atoms with Gasteiger partial charge in [0.2, 0.25) is 6.79 Å². The third-order valence-electron chi connectivity index (χ3n) is 3.24. The van der Waals surface area contributed by atoms with Gasteiger partial charge in [-0.3, -0.25) is 0 Å². The van der Waals surface area contributed by atoms with E-state index in [1.807, 2.05) is 42.5 Å². The highest BCUT2D eigenvalue weighted by molar-refractivity contribution is 9.10. The Morgan fingerprint density at radius 1 is 1.15 bits per heavy atom. The number of ether oxygens (including phenoxy) is 2. The number of fused-ring (bicyclic) bond motifs is 1. The van der Waals surface area contributed by atoms with E-state index < -0.39 is 0 Å². The molecule has 0 radical (unpaired) electrons. The highest BCUT2D eigenvalue weighted by Gasteiger charge is 2.17. The van der Waals surface area contributed by atoms with Crippen LogP contribution in [0.5, 0.6) is 11.5 Å². The molecule has 1 atom stereocenters. The monoisotopic (exact) mass is 334 g/mol. The number of hydrogen-bond acceptors (Lipinski definition) is 4. The molecule has 0 saturated heterocycles. The molecule has 0 fully saturated rings. The summed E-state index contributed by atoms with van der Waals surface area (Å²) >= 11 is 3.53. The van der Waals surface area contributed by atoms with Gasteiger partial charge in [-0.1, -0.05) is 18.2 Å². The Kier molecular flexibility index (Phi) is 3.80. The van der Waals surface area contributed by atoms with Gasteiger partial charge >= 0.3 is 0 Å². The van der Waals surface area contributed by atoms with E-state index in [-0.39, 0.29) is 12.8 Å². The lowest BCUT2D eigenvalue weighted by Gasteiger charge is -2.19. The summed E-state index contributed by atoms with van der Waals surface area (Å²) < 4.78 is 11.7. The largest absolute Gasteiger partial charge is 0.454 e. The normalized spacial score (nSPS) is 14.1. The zero-order chi connectivity index (χ0) is 13.9. The third-order valence-corrected chi connectivity index (χ3v) is 3.93. The molecule has 3 N–H and O–H groups in total. The molecular weight excluding hydrogens is 320 g/mol. The summed E-state index contributed by atoms with van der Waals surface area (Å²) in [5, 5.41) is 3.44. The number of nitrogens with one attached hydrogen (secondary N) is 1. The minimum Gasteiger partial charge on any atom is -0.454 e. The number of halogens is 1. The molecule has 0 aliphatic carbocycles. The second kappa shape index (κ2) is 5.73. The van der Waals surface area contributed by atoms with E-state index >= 15 is 0 Å². The molecule has 104 valence electrons. The van der Waals surface area contributed by atoms with Crippen LogP contribution in [0.3, 0.4) is 0 Å². The molecule has 0 saturated carbocycles. The van der Waals surface area contributed by atoms with Gasteiger partial charge in [-0.15, -0.1) is 0 Å². The number of hydrogen-bond donors (Lipinski definition) is 2. The average molecular weight is 335 g/mol. The predicted molar refractivity (Wildman–Crippen MR) is 82.1 cm³/mol. The van der Waals surface area contributed by atoms with Crippen LogP contribution < -0.4 is 20.5 Å². The quantitative estimate of drug-likeness (QED) is 0.900. The van der Waals surface area contributed by atoms with Gasteiger partial charge in [0.1, 0.15) is 0 Å². The Morgan fingerprint density at radius 2 is 1.95 bits per heavy atom. The molecule has 1 aliphatic heterocycles. The first-order valence-electron chi connectivity index (χ1n) is 6.38. The van der Waals surface area contributed by atoms with Crippen molar-refractivity contribution in [1.82, 2.24) is 0 Å². The highest BCUT2D eigenvalue weighted by atomic mass is 79.9. The fraction of sp³-hybridized carbons (Fsp3) is 0.200. The molecular formula is C15H15BrN2O2. The summed E-state index contributed by atoms with van der Waals surface area (Å²) in [6.07, 6.45) is 0. The van der Waals surface area contributed by atoms with Gasteiger partial charge in [-0.05, 0) is 45.8 Å². The molecule has 0 amide bonds. The first-order chi connectivity index (χ1) is 9.78. The van der Waals surface area contributed by atoms with Gasteiger partial charge in [0, 0.05) is 16.7 Å². The van der Waals surface area contributed by atoms with Crippen molar-refractivity contribution in [2.45, 2.75) is 6.04 Å². The molecule has 0 aromatic heterocycles. The molecule has 0 bridgehead atoms. The summed E-state index contributed by atoms with van der Waals surface area (Å²) in [7, 11) is 0. The van der Waals surface area contributed by atoms with Crippen LogP contribution in [0.15, 0.2) is 46.9 Å². The highest BCUT2D eigenvalue weighted by Crippen LogP contribution is 2.35. The molecule has 2 aromatic rings. The Morgan fingerprint density at radius 3 is 2.75 bits per heavy atom. The molecule has 5 heteroatoms. The maximum absolute atomic E-state index is 5.90. The first kappa shape index (κ1) is 13.3. The summed E-state index contributed by atoms with van der Waals surface area (Å²) in [6.45, 7) is 0.769. The Hall–Kier alpha value is -1.72. The molecule has 20 heavy (non-hydrogen) atoms. The van der Waals surface area contributed by atoms with Gasteiger partial charge in [-0.25, -0.2) is 0 Å². The van der Waals surface area contributed by atoms with Crippen LogP contribution in [0.1, 0.15) is 11.6 Å². The molecule has 1 heterocycles. The number of nitrogens with two attached hydrogens (primary N) is 1. The van der Waals surface area contributed by atoms with Crippen molar-refractivity contribution < 1.29 is 9.47 Å². The third kappa shape index (κ3) is 2.59. The van der Waals surface area contributed by atoms with Crippen LogP contribution in [-0.4, -0.2) is 13.3 Å². The number of rotatable bonds is 4. The van der Waals surface area contributed by atoms with Gasteiger partial charge in [0.25, 0.3) is 0 Å². The van der Waals surface area contributed by atoms with Crippen LogP contribution in [0.4, 0.5) is 5.69 Å². The number of anilines is 1. The fourth-order valence-electron chi connectivity index (χ4n) is 2.17. The Bertz CT molecular complexity index is 619. The van der Waals surface area contributed by atoms with E-state index in [1.165, 1.54) is 0 Å². The predicted octanol–water partition coefficient (Wildman–Crippen LogP) is 3.29.